The van der Waals surface area contributed by atoms with Gasteiger partial charge in [-0.1, -0.05) is 25.1 Å². The highest BCUT2D eigenvalue weighted by Gasteiger charge is 2.17. The number of nitrogens with one attached hydrogen (secondary N) is 1. The van der Waals surface area contributed by atoms with Gasteiger partial charge >= 0.3 is 0 Å². The number of fused-ring (bicyclic) bond motifs is 1. The standard InChI is InChI=1S/C17H19NS2/c1-3-8-18-17(14-9-12(2)19-11-14)16-10-13-6-4-5-7-15(13)20-16/h4-7,9-11,17-18H,3,8H2,1-2H3. The van der Waals surface area contributed by atoms with Crippen LogP contribution in [-0.4, -0.2) is 6.54 Å². The fourth-order valence-electron chi connectivity index (χ4n) is 2.43. The number of benzene rings is 1. The minimum Gasteiger partial charge on any atom is -0.306 e. The van der Waals surface area contributed by atoms with Crippen molar-refractivity contribution in [2.45, 2.75) is 26.3 Å². The third kappa shape index (κ3) is 2.80. The number of aryl methyl sites for hydroxylation is 1. The van der Waals surface area contributed by atoms with Crippen molar-refractivity contribution in [2.75, 3.05) is 6.54 Å². The molecule has 3 aromatic rings. The van der Waals surface area contributed by atoms with Crippen LogP contribution < -0.4 is 5.32 Å². The quantitative estimate of drug-likeness (QED) is 0.669. The largest absolute Gasteiger partial charge is 0.306 e. The molecule has 0 bridgehead atoms. The average molecular weight is 301 g/mol. The molecule has 104 valence electrons. The van der Waals surface area contributed by atoms with Crippen molar-refractivity contribution in [3.8, 4) is 0 Å². The van der Waals surface area contributed by atoms with Gasteiger partial charge in [-0.3, -0.25) is 0 Å². The van der Waals surface area contributed by atoms with E-state index in [0.29, 0.717) is 6.04 Å². The molecular weight excluding hydrogens is 282 g/mol. The highest BCUT2D eigenvalue weighted by Crippen LogP contribution is 2.34. The van der Waals surface area contributed by atoms with Gasteiger partial charge in [-0.2, -0.15) is 0 Å². The maximum atomic E-state index is 3.69. The van der Waals surface area contributed by atoms with Crippen LogP contribution in [-0.2, 0) is 0 Å². The summed E-state index contributed by atoms with van der Waals surface area (Å²) in [6.07, 6.45) is 1.16. The second-order valence-corrected chi connectivity index (χ2v) is 7.30. The third-order valence-electron chi connectivity index (χ3n) is 3.41. The van der Waals surface area contributed by atoms with E-state index >= 15 is 0 Å². The van der Waals surface area contributed by atoms with E-state index < -0.39 is 0 Å². The topological polar surface area (TPSA) is 12.0 Å². The van der Waals surface area contributed by atoms with E-state index in [0.717, 1.165) is 13.0 Å². The molecule has 0 saturated heterocycles. The van der Waals surface area contributed by atoms with Crippen molar-refractivity contribution in [2.24, 2.45) is 0 Å². The number of rotatable bonds is 5. The van der Waals surface area contributed by atoms with Crippen molar-refractivity contribution in [3.05, 3.63) is 57.1 Å². The molecule has 20 heavy (non-hydrogen) atoms. The molecule has 1 aromatic carbocycles. The minimum atomic E-state index is 0.331. The first-order chi connectivity index (χ1) is 9.78. The summed E-state index contributed by atoms with van der Waals surface area (Å²) in [5.41, 5.74) is 1.40. The van der Waals surface area contributed by atoms with Crippen LogP contribution in [0.25, 0.3) is 10.1 Å². The maximum Gasteiger partial charge on any atom is 0.0679 e. The summed E-state index contributed by atoms with van der Waals surface area (Å²) in [4.78, 5) is 2.79. The third-order valence-corrected chi connectivity index (χ3v) is 5.47. The molecule has 0 aliphatic rings. The lowest BCUT2D eigenvalue weighted by molar-refractivity contribution is 0.607. The minimum absolute atomic E-state index is 0.331. The predicted octanol–water partition coefficient (Wildman–Crippen LogP) is 5.36. The van der Waals surface area contributed by atoms with Gasteiger partial charge in [-0.15, -0.1) is 22.7 Å². The second kappa shape index (κ2) is 6.08. The molecule has 0 aliphatic heterocycles. The Kier molecular flexibility index (Phi) is 4.20. The Morgan fingerprint density at radius 2 is 2.05 bits per heavy atom. The Bertz CT molecular complexity index is 663. The van der Waals surface area contributed by atoms with E-state index in [9.17, 15) is 0 Å². The highest BCUT2D eigenvalue weighted by atomic mass is 32.1. The molecule has 0 aliphatic carbocycles. The number of hydrogen-bond donors (Lipinski definition) is 1. The molecule has 3 rings (SSSR count). The van der Waals surface area contributed by atoms with Gasteiger partial charge in [0.25, 0.3) is 0 Å². The summed E-state index contributed by atoms with van der Waals surface area (Å²) < 4.78 is 1.37. The van der Waals surface area contributed by atoms with Crippen LogP contribution in [0.4, 0.5) is 0 Å². The van der Waals surface area contributed by atoms with Gasteiger partial charge in [0.05, 0.1) is 6.04 Å². The lowest BCUT2D eigenvalue weighted by Crippen LogP contribution is -2.21. The molecule has 2 heterocycles. The summed E-state index contributed by atoms with van der Waals surface area (Å²) in [5.74, 6) is 0. The van der Waals surface area contributed by atoms with Crippen LogP contribution >= 0.6 is 22.7 Å². The summed E-state index contributed by atoms with van der Waals surface area (Å²) in [5, 5.41) is 7.33. The maximum absolute atomic E-state index is 3.69. The Hall–Kier alpha value is -1.16. The van der Waals surface area contributed by atoms with Gasteiger partial charge in [0.1, 0.15) is 0 Å². The zero-order chi connectivity index (χ0) is 13.9. The molecule has 0 fully saturated rings. The summed E-state index contributed by atoms with van der Waals surface area (Å²) in [7, 11) is 0. The van der Waals surface area contributed by atoms with E-state index in [1.54, 1.807) is 0 Å². The fraction of sp³-hybridized carbons (Fsp3) is 0.294. The van der Waals surface area contributed by atoms with Crippen LogP contribution in [0.3, 0.4) is 0 Å². The Labute approximate surface area is 128 Å². The first kappa shape index (κ1) is 13.8. The predicted molar refractivity (Wildman–Crippen MR) is 91.0 cm³/mol. The summed E-state index contributed by atoms with van der Waals surface area (Å²) in [6, 6.07) is 13.6. The Morgan fingerprint density at radius 3 is 2.75 bits per heavy atom. The highest BCUT2D eigenvalue weighted by molar-refractivity contribution is 7.19. The van der Waals surface area contributed by atoms with Crippen LogP contribution in [0.5, 0.6) is 0 Å². The molecule has 2 aromatic heterocycles. The number of thiophene rings is 2. The van der Waals surface area contributed by atoms with E-state index in [-0.39, 0.29) is 0 Å². The molecule has 1 unspecified atom stereocenters. The lowest BCUT2D eigenvalue weighted by Gasteiger charge is -2.15. The second-order valence-electron chi connectivity index (χ2n) is 5.06. The monoisotopic (exact) mass is 301 g/mol. The molecule has 0 amide bonds. The molecule has 1 atom stereocenters. The zero-order valence-electron chi connectivity index (χ0n) is 11.8. The first-order valence-electron chi connectivity index (χ1n) is 7.05. The smallest absolute Gasteiger partial charge is 0.0679 e. The van der Waals surface area contributed by atoms with Crippen LogP contribution in [0.1, 0.15) is 34.7 Å². The van der Waals surface area contributed by atoms with Crippen LogP contribution in [0.2, 0.25) is 0 Å². The lowest BCUT2D eigenvalue weighted by atomic mass is 10.1. The number of hydrogen-bond acceptors (Lipinski definition) is 3. The van der Waals surface area contributed by atoms with Gasteiger partial charge in [0.2, 0.25) is 0 Å². The average Bonchev–Trinajstić information content (AvgIpc) is 3.05. The zero-order valence-corrected chi connectivity index (χ0v) is 13.5. The van der Waals surface area contributed by atoms with Gasteiger partial charge in [-0.05, 0) is 54.4 Å². The van der Waals surface area contributed by atoms with Crippen molar-refractivity contribution < 1.29 is 0 Å². The molecule has 0 spiro atoms. The molecule has 0 saturated carbocycles. The van der Waals surface area contributed by atoms with E-state index in [1.807, 2.05) is 22.7 Å². The van der Waals surface area contributed by atoms with E-state index in [1.165, 1.54) is 25.4 Å². The Balaban J connectivity index is 1.99. The van der Waals surface area contributed by atoms with Gasteiger partial charge in [0.15, 0.2) is 0 Å². The van der Waals surface area contributed by atoms with Crippen LogP contribution in [0.15, 0.2) is 41.8 Å². The van der Waals surface area contributed by atoms with Gasteiger partial charge in [-0.25, -0.2) is 0 Å². The first-order valence-corrected chi connectivity index (χ1v) is 8.74. The summed E-state index contributed by atoms with van der Waals surface area (Å²) >= 11 is 3.73. The van der Waals surface area contributed by atoms with Crippen molar-refractivity contribution in [1.82, 2.24) is 5.32 Å². The van der Waals surface area contributed by atoms with Crippen molar-refractivity contribution in [1.29, 1.82) is 0 Å². The van der Waals surface area contributed by atoms with Gasteiger partial charge in [0, 0.05) is 14.5 Å². The molecule has 0 radical (unpaired) electrons. The van der Waals surface area contributed by atoms with Crippen molar-refractivity contribution >= 4 is 32.8 Å². The van der Waals surface area contributed by atoms with Crippen LogP contribution in [0, 0.1) is 6.92 Å². The van der Waals surface area contributed by atoms with Gasteiger partial charge < -0.3 is 5.32 Å². The molecular formula is C17H19NS2. The Morgan fingerprint density at radius 1 is 1.20 bits per heavy atom. The molecule has 1 nitrogen and oxygen atoms in total. The SMILES string of the molecule is CCCNC(c1csc(C)c1)c1cc2ccccc2s1. The van der Waals surface area contributed by atoms with E-state index in [4.69, 9.17) is 0 Å². The normalized spacial score (nSPS) is 12.9. The van der Waals surface area contributed by atoms with Crippen molar-refractivity contribution in [3.63, 3.8) is 0 Å². The fourth-order valence-corrected chi connectivity index (χ4v) is 4.33. The summed E-state index contributed by atoms with van der Waals surface area (Å²) in [6.45, 7) is 5.44. The van der Waals surface area contributed by atoms with E-state index in [2.05, 4.69) is 60.9 Å². The molecule has 3 heteroatoms. The molecule has 1 N–H and O–H groups in total.